The average molecular weight is 235 g/mol. The third-order valence-corrected chi connectivity index (χ3v) is 3.87. The lowest BCUT2D eigenvalue weighted by Gasteiger charge is -2.30. The molecule has 2 rings (SSSR count). The molecule has 0 aromatic carbocycles. The fraction of sp³-hybridized carbons (Fsp3) is 0.733. The molecule has 0 aliphatic heterocycles. The van der Waals surface area contributed by atoms with Crippen molar-refractivity contribution in [3.05, 3.63) is 24.3 Å². The number of hydrogen-bond acceptors (Lipinski definition) is 2. The van der Waals surface area contributed by atoms with Crippen LogP contribution in [-0.4, -0.2) is 25.8 Å². The van der Waals surface area contributed by atoms with Crippen LogP contribution in [0.5, 0.6) is 0 Å². The van der Waals surface area contributed by atoms with Crippen LogP contribution >= 0.6 is 0 Å². The molecular weight excluding hydrogens is 210 g/mol. The first kappa shape index (κ1) is 12.8. The summed E-state index contributed by atoms with van der Waals surface area (Å²) in [5.41, 5.74) is 0.105. The van der Waals surface area contributed by atoms with Gasteiger partial charge in [-0.25, -0.2) is 0 Å². The Kier molecular flexibility index (Phi) is 4.81. The Balaban J connectivity index is 1.81. The summed E-state index contributed by atoms with van der Waals surface area (Å²) in [6.07, 6.45) is 15.7. The van der Waals surface area contributed by atoms with Crippen molar-refractivity contribution < 1.29 is 4.74 Å². The van der Waals surface area contributed by atoms with Crippen LogP contribution in [0.2, 0.25) is 0 Å². The van der Waals surface area contributed by atoms with Gasteiger partial charge in [-0.15, -0.1) is 0 Å². The van der Waals surface area contributed by atoms with Crippen molar-refractivity contribution >= 4 is 0 Å². The van der Waals surface area contributed by atoms with Gasteiger partial charge in [0.15, 0.2) is 0 Å². The second-order valence-electron chi connectivity index (χ2n) is 5.30. The summed E-state index contributed by atoms with van der Waals surface area (Å²) in [6.45, 7) is 4.68. The van der Waals surface area contributed by atoms with Crippen molar-refractivity contribution in [2.45, 2.75) is 45.1 Å². The molecular formula is C15H25NO. The molecule has 17 heavy (non-hydrogen) atoms. The molecule has 0 atom stereocenters. The van der Waals surface area contributed by atoms with Gasteiger partial charge in [0.1, 0.15) is 0 Å². The molecule has 0 aromatic heterocycles. The Morgan fingerprint density at radius 1 is 1.18 bits per heavy atom. The summed E-state index contributed by atoms with van der Waals surface area (Å²) in [5.74, 6) is 0. The maximum absolute atomic E-state index is 5.62. The zero-order valence-electron chi connectivity index (χ0n) is 11.0. The molecule has 0 bridgehead atoms. The molecule has 2 aliphatic carbocycles. The third-order valence-electron chi connectivity index (χ3n) is 3.87. The van der Waals surface area contributed by atoms with Gasteiger partial charge in [0.2, 0.25) is 0 Å². The third kappa shape index (κ3) is 3.68. The van der Waals surface area contributed by atoms with Crippen LogP contribution in [0.3, 0.4) is 0 Å². The van der Waals surface area contributed by atoms with E-state index >= 15 is 0 Å². The summed E-state index contributed by atoms with van der Waals surface area (Å²) in [4.78, 5) is 0. The number of allylic oxidation sites excluding steroid dienone is 2. The average Bonchev–Trinajstić information content (AvgIpc) is 2.85. The largest absolute Gasteiger partial charge is 0.380 e. The molecule has 1 N–H and O–H groups in total. The lowest BCUT2D eigenvalue weighted by atomic mass is 9.89. The normalized spacial score (nSPS) is 23.4. The number of rotatable bonds is 6. The lowest BCUT2D eigenvalue weighted by molar-refractivity contribution is 0.0959. The van der Waals surface area contributed by atoms with Crippen LogP contribution in [0.4, 0.5) is 0 Å². The van der Waals surface area contributed by atoms with Gasteiger partial charge in [0.25, 0.3) is 0 Å². The van der Waals surface area contributed by atoms with Crippen LogP contribution in [-0.2, 0) is 4.74 Å². The molecule has 0 spiro atoms. The molecule has 0 amide bonds. The fourth-order valence-electron chi connectivity index (χ4n) is 2.75. The molecule has 2 nitrogen and oxygen atoms in total. The first-order valence-corrected chi connectivity index (χ1v) is 7.03. The molecule has 2 aliphatic rings. The Morgan fingerprint density at radius 2 is 1.88 bits per heavy atom. The van der Waals surface area contributed by atoms with Crippen LogP contribution < -0.4 is 5.32 Å². The number of ether oxygens (including phenoxy) is 1. The summed E-state index contributed by atoms with van der Waals surface area (Å²) >= 11 is 0. The number of nitrogens with one attached hydrogen (secondary N) is 1. The smallest absolute Gasteiger partial charge is 0.0604 e. The van der Waals surface area contributed by atoms with Crippen molar-refractivity contribution in [3.8, 4) is 0 Å². The SMILES string of the molecule is CCOCC1(CNC2CCCCC2)C=CC=C1. The van der Waals surface area contributed by atoms with Crippen molar-refractivity contribution in [1.82, 2.24) is 5.32 Å². The van der Waals surface area contributed by atoms with E-state index in [1.165, 1.54) is 32.1 Å². The lowest BCUT2D eigenvalue weighted by Crippen LogP contribution is -2.40. The van der Waals surface area contributed by atoms with Crippen molar-refractivity contribution in [2.75, 3.05) is 19.8 Å². The monoisotopic (exact) mass is 235 g/mol. The summed E-state index contributed by atoms with van der Waals surface area (Å²) in [6, 6.07) is 0.727. The van der Waals surface area contributed by atoms with Gasteiger partial charge in [0, 0.05) is 24.6 Å². The highest BCUT2D eigenvalue weighted by Crippen LogP contribution is 2.27. The second kappa shape index (κ2) is 6.36. The zero-order valence-corrected chi connectivity index (χ0v) is 11.0. The highest BCUT2D eigenvalue weighted by molar-refractivity contribution is 5.25. The van der Waals surface area contributed by atoms with Gasteiger partial charge in [0.05, 0.1) is 6.61 Å². The van der Waals surface area contributed by atoms with Crippen LogP contribution in [0.1, 0.15) is 39.0 Å². The summed E-state index contributed by atoms with van der Waals surface area (Å²) < 4.78 is 5.62. The molecule has 1 saturated carbocycles. The fourth-order valence-corrected chi connectivity index (χ4v) is 2.75. The van der Waals surface area contributed by atoms with Gasteiger partial charge in [-0.2, -0.15) is 0 Å². The Labute approximate surface area is 105 Å². The minimum atomic E-state index is 0.105. The Morgan fingerprint density at radius 3 is 2.53 bits per heavy atom. The van der Waals surface area contributed by atoms with Crippen molar-refractivity contribution in [3.63, 3.8) is 0 Å². The molecule has 96 valence electrons. The van der Waals surface area contributed by atoms with Crippen molar-refractivity contribution in [1.29, 1.82) is 0 Å². The van der Waals surface area contributed by atoms with Crippen LogP contribution in [0.25, 0.3) is 0 Å². The van der Waals surface area contributed by atoms with E-state index in [1.54, 1.807) is 0 Å². The van der Waals surface area contributed by atoms with E-state index in [0.29, 0.717) is 0 Å². The van der Waals surface area contributed by atoms with Crippen LogP contribution in [0.15, 0.2) is 24.3 Å². The topological polar surface area (TPSA) is 21.3 Å². The highest BCUT2D eigenvalue weighted by atomic mass is 16.5. The van der Waals surface area contributed by atoms with E-state index in [9.17, 15) is 0 Å². The second-order valence-corrected chi connectivity index (χ2v) is 5.30. The molecule has 1 fully saturated rings. The van der Waals surface area contributed by atoms with E-state index in [4.69, 9.17) is 4.74 Å². The molecule has 0 unspecified atom stereocenters. The predicted octanol–water partition coefficient (Wildman–Crippen LogP) is 3.06. The molecule has 0 heterocycles. The standard InChI is InChI=1S/C15H25NO/c1-2-17-13-15(10-6-7-11-15)12-16-14-8-4-3-5-9-14/h6-7,10-11,14,16H,2-5,8-9,12-13H2,1H3. The predicted molar refractivity (Wildman–Crippen MR) is 72.1 cm³/mol. The van der Waals surface area contributed by atoms with Gasteiger partial charge >= 0.3 is 0 Å². The van der Waals surface area contributed by atoms with Crippen molar-refractivity contribution in [2.24, 2.45) is 5.41 Å². The number of hydrogen-bond donors (Lipinski definition) is 1. The Bertz CT molecular complexity index is 265. The Hall–Kier alpha value is -0.600. The molecule has 2 heteroatoms. The molecule has 0 aromatic rings. The zero-order chi connectivity index (χ0) is 12.0. The van der Waals surface area contributed by atoms with Gasteiger partial charge in [-0.1, -0.05) is 43.6 Å². The molecule has 0 saturated heterocycles. The maximum atomic E-state index is 5.62. The first-order valence-electron chi connectivity index (χ1n) is 7.03. The van der Waals surface area contributed by atoms with E-state index in [0.717, 1.165) is 25.8 Å². The summed E-state index contributed by atoms with van der Waals surface area (Å²) in [7, 11) is 0. The first-order chi connectivity index (χ1) is 8.35. The van der Waals surface area contributed by atoms with E-state index in [2.05, 4.69) is 36.5 Å². The van der Waals surface area contributed by atoms with Gasteiger partial charge in [-0.3, -0.25) is 0 Å². The highest BCUT2D eigenvalue weighted by Gasteiger charge is 2.27. The quantitative estimate of drug-likeness (QED) is 0.764. The van der Waals surface area contributed by atoms with E-state index < -0.39 is 0 Å². The van der Waals surface area contributed by atoms with E-state index in [-0.39, 0.29) is 5.41 Å². The van der Waals surface area contributed by atoms with Gasteiger partial charge in [-0.05, 0) is 19.8 Å². The summed E-state index contributed by atoms with van der Waals surface area (Å²) in [5, 5.41) is 3.73. The minimum Gasteiger partial charge on any atom is -0.380 e. The molecule has 0 radical (unpaired) electrons. The van der Waals surface area contributed by atoms with E-state index in [1.807, 2.05) is 0 Å². The maximum Gasteiger partial charge on any atom is 0.0604 e. The minimum absolute atomic E-state index is 0.105. The van der Waals surface area contributed by atoms with Crippen LogP contribution in [0, 0.1) is 5.41 Å². The van der Waals surface area contributed by atoms with Gasteiger partial charge < -0.3 is 10.1 Å².